The van der Waals surface area contributed by atoms with Gasteiger partial charge in [-0.1, -0.05) is 0 Å². The first-order valence-electron chi connectivity index (χ1n) is 3.86. The molecule has 0 unspecified atom stereocenters. The van der Waals surface area contributed by atoms with Gasteiger partial charge in [0.15, 0.2) is 11.6 Å². The summed E-state index contributed by atoms with van der Waals surface area (Å²) in [5.41, 5.74) is -0.777. The van der Waals surface area contributed by atoms with Crippen LogP contribution >= 0.6 is 15.9 Å². The van der Waals surface area contributed by atoms with Gasteiger partial charge in [-0.05, 0) is 28.1 Å². The largest absolute Gasteiger partial charge is 0.205 e. The maximum atomic E-state index is 13.4. The summed E-state index contributed by atoms with van der Waals surface area (Å²) in [6, 6.07) is 3.54. The Morgan fingerprint density at radius 2 is 1.75 bits per heavy atom. The highest BCUT2D eigenvalue weighted by Crippen LogP contribution is 2.26. The summed E-state index contributed by atoms with van der Waals surface area (Å²) >= 11 is 2.53. The molecule has 6 heteroatoms. The van der Waals surface area contributed by atoms with Crippen LogP contribution in [-0.4, -0.2) is 0 Å². The first-order chi connectivity index (χ1) is 7.51. The van der Waals surface area contributed by atoms with Crippen molar-refractivity contribution in [3.05, 3.63) is 39.1 Å². The SMILES string of the molecule is N#CC(C#N)=Cc1cc(F)c(F)c(Br)c1F. The van der Waals surface area contributed by atoms with Gasteiger partial charge in [0, 0.05) is 5.56 Å². The Morgan fingerprint density at radius 1 is 1.19 bits per heavy atom. The van der Waals surface area contributed by atoms with Crippen molar-refractivity contribution >= 4 is 22.0 Å². The summed E-state index contributed by atoms with van der Waals surface area (Å²) in [7, 11) is 0. The predicted molar refractivity (Wildman–Crippen MR) is 53.2 cm³/mol. The van der Waals surface area contributed by atoms with Crippen LogP contribution in [0, 0.1) is 40.1 Å². The first kappa shape index (κ1) is 12.3. The molecule has 1 aromatic rings. The molecule has 0 aliphatic rings. The van der Waals surface area contributed by atoms with Crippen LogP contribution in [0.5, 0.6) is 0 Å². The van der Waals surface area contributed by atoms with Crippen LogP contribution in [-0.2, 0) is 0 Å². The van der Waals surface area contributed by atoms with E-state index in [2.05, 4.69) is 15.9 Å². The molecular formula is C10H2BrF3N2. The highest BCUT2D eigenvalue weighted by Gasteiger charge is 2.15. The lowest BCUT2D eigenvalue weighted by atomic mass is 10.1. The summed E-state index contributed by atoms with van der Waals surface area (Å²) in [6.07, 6.45) is 0.836. The maximum absolute atomic E-state index is 13.4. The molecular weight excluding hydrogens is 285 g/mol. The number of hydrogen-bond donors (Lipinski definition) is 0. The van der Waals surface area contributed by atoms with Crippen LogP contribution < -0.4 is 0 Å². The Morgan fingerprint density at radius 3 is 2.25 bits per heavy atom. The van der Waals surface area contributed by atoms with Crippen molar-refractivity contribution in [2.45, 2.75) is 0 Å². The topological polar surface area (TPSA) is 47.6 Å². The van der Waals surface area contributed by atoms with E-state index in [0.717, 1.165) is 6.08 Å². The highest BCUT2D eigenvalue weighted by molar-refractivity contribution is 9.10. The Balaban J connectivity index is 3.45. The number of halogens is 4. The van der Waals surface area contributed by atoms with E-state index in [1.807, 2.05) is 0 Å². The highest BCUT2D eigenvalue weighted by atomic mass is 79.9. The van der Waals surface area contributed by atoms with Gasteiger partial charge < -0.3 is 0 Å². The minimum atomic E-state index is -1.36. The van der Waals surface area contributed by atoms with E-state index < -0.39 is 27.5 Å². The second kappa shape index (κ2) is 4.82. The fraction of sp³-hybridized carbons (Fsp3) is 0. The molecule has 0 N–H and O–H groups in total. The van der Waals surface area contributed by atoms with Crippen LogP contribution in [0.4, 0.5) is 13.2 Å². The third-order valence-corrected chi connectivity index (χ3v) is 2.37. The standard InChI is InChI=1S/C10H2BrF3N2/c11-8-9(13)6(1-5(3-15)4-16)2-7(12)10(8)14/h1-2H. The zero-order valence-electron chi connectivity index (χ0n) is 7.56. The third kappa shape index (κ3) is 2.23. The van der Waals surface area contributed by atoms with Gasteiger partial charge in [-0.2, -0.15) is 10.5 Å². The van der Waals surface area contributed by atoms with Crippen LogP contribution in [0.3, 0.4) is 0 Å². The van der Waals surface area contributed by atoms with E-state index in [9.17, 15) is 13.2 Å². The average Bonchev–Trinajstić information content (AvgIpc) is 2.29. The molecule has 0 fully saturated rings. The smallest absolute Gasteiger partial charge is 0.175 e. The van der Waals surface area contributed by atoms with Gasteiger partial charge in [0.1, 0.15) is 23.5 Å². The number of nitriles is 2. The summed E-state index contributed by atoms with van der Waals surface area (Å²) in [5.74, 6) is -3.69. The van der Waals surface area contributed by atoms with Gasteiger partial charge in [-0.3, -0.25) is 0 Å². The molecule has 16 heavy (non-hydrogen) atoms. The lowest BCUT2D eigenvalue weighted by Gasteiger charge is -2.02. The lowest BCUT2D eigenvalue weighted by molar-refractivity contribution is 0.487. The second-order valence-corrected chi connectivity index (χ2v) is 3.46. The van der Waals surface area contributed by atoms with E-state index in [-0.39, 0.29) is 5.56 Å². The van der Waals surface area contributed by atoms with Gasteiger partial charge in [0.2, 0.25) is 0 Å². The molecule has 2 nitrogen and oxygen atoms in total. The summed E-state index contributed by atoms with van der Waals surface area (Å²) in [4.78, 5) is 0. The summed E-state index contributed by atoms with van der Waals surface area (Å²) in [6.45, 7) is 0. The molecule has 0 radical (unpaired) electrons. The van der Waals surface area contributed by atoms with Crippen molar-refractivity contribution in [3.63, 3.8) is 0 Å². The molecule has 0 spiro atoms. The van der Waals surface area contributed by atoms with E-state index in [0.29, 0.717) is 6.07 Å². The van der Waals surface area contributed by atoms with E-state index >= 15 is 0 Å². The molecule has 0 atom stereocenters. The number of allylic oxidation sites excluding steroid dienone is 1. The van der Waals surface area contributed by atoms with Crippen molar-refractivity contribution in [1.82, 2.24) is 0 Å². The molecule has 0 bridgehead atoms. The third-order valence-electron chi connectivity index (χ3n) is 1.67. The van der Waals surface area contributed by atoms with E-state index in [1.165, 1.54) is 12.1 Å². The van der Waals surface area contributed by atoms with Crippen molar-refractivity contribution in [2.75, 3.05) is 0 Å². The normalized spacial score (nSPS) is 9.12. The quantitative estimate of drug-likeness (QED) is 0.452. The number of rotatable bonds is 1. The van der Waals surface area contributed by atoms with Gasteiger partial charge in [0.25, 0.3) is 0 Å². The Kier molecular flexibility index (Phi) is 3.70. The Labute approximate surface area is 97.4 Å². The zero-order valence-corrected chi connectivity index (χ0v) is 9.15. The molecule has 0 heterocycles. The van der Waals surface area contributed by atoms with Gasteiger partial charge in [-0.15, -0.1) is 0 Å². The van der Waals surface area contributed by atoms with Crippen molar-refractivity contribution < 1.29 is 13.2 Å². The van der Waals surface area contributed by atoms with Crippen LogP contribution in [0.1, 0.15) is 5.56 Å². The van der Waals surface area contributed by atoms with Crippen molar-refractivity contribution in [1.29, 1.82) is 10.5 Å². The van der Waals surface area contributed by atoms with Crippen molar-refractivity contribution in [3.8, 4) is 12.1 Å². The molecule has 1 aromatic carbocycles. The monoisotopic (exact) mass is 286 g/mol. The number of nitrogens with zero attached hydrogens (tertiary/aromatic N) is 2. The molecule has 0 aliphatic carbocycles. The first-order valence-corrected chi connectivity index (χ1v) is 4.65. The van der Waals surface area contributed by atoms with E-state index in [1.54, 1.807) is 0 Å². The van der Waals surface area contributed by atoms with Crippen LogP contribution in [0.25, 0.3) is 6.08 Å². The summed E-state index contributed by atoms with van der Waals surface area (Å²) < 4.78 is 38.5. The Hall–Kier alpha value is -1.79. The van der Waals surface area contributed by atoms with E-state index in [4.69, 9.17) is 10.5 Å². The number of hydrogen-bond acceptors (Lipinski definition) is 2. The Bertz CT molecular complexity index is 537. The minimum absolute atomic E-state index is 0.371. The van der Waals surface area contributed by atoms with Crippen LogP contribution in [0.2, 0.25) is 0 Å². The zero-order chi connectivity index (χ0) is 12.3. The predicted octanol–water partition coefficient (Wildman–Crippen LogP) is 3.30. The minimum Gasteiger partial charge on any atom is -0.205 e. The summed E-state index contributed by atoms with van der Waals surface area (Å²) in [5, 5.41) is 16.9. The lowest BCUT2D eigenvalue weighted by Crippen LogP contribution is -1.94. The van der Waals surface area contributed by atoms with Crippen molar-refractivity contribution in [2.24, 2.45) is 0 Å². The maximum Gasteiger partial charge on any atom is 0.175 e. The van der Waals surface area contributed by atoms with Gasteiger partial charge in [0.05, 0.1) is 4.47 Å². The van der Waals surface area contributed by atoms with Gasteiger partial charge >= 0.3 is 0 Å². The molecule has 0 aromatic heterocycles. The molecule has 0 saturated heterocycles. The fourth-order valence-corrected chi connectivity index (χ4v) is 1.36. The van der Waals surface area contributed by atoms with Gasteiger partial charge in [-0.25, -0.2) is 13.2 Å². The van der Waals surface area contributed by atoms with Crippen LogP contribution in [0.15, 0.2) is 16.1 Å². The molecule has 0 aliphatic heterocycles. The second-order valence-electron chi connectivity index (χ2n) is 2.67. The average molecular weight is 287 g/mol. The molecule has 0 saturated carbocycles. The molecule has 80 valence electrons. The molecule has 0 amide bonds. The fourth-order valence-electron chi connectivity index (χ4n) is 0.941. The molecule has 1 rings (SSSR count). The number of benzene rings is 1.